The number of aromatic nitrogens is 2. The highest BCUT2D eigenvalue weighted by Crippen LogP contribution is 2.35. The summed E-state index contributed by atoms with van der Waals surface area (Å²) in [5, 5.41) is 3.85. The Kier molecular flexibility index (Phi) is 6.26. The van der Waals surface area contributed by atoms with Crippen LogP contribution in [0.5, 0.6) is 0 Å². The Balaban J connectivity index is 1.62. The minimum absolute atomic E-state index is 0.103. The number of sulfonamides is 1. The first-order valence-corrected chi connectivity index (χ1v) is 12.7. The van der Waals surface area contributed by atoms with Gasteiger partial charge < -0.3 is 8.94 Å². The highest BCUT2D eigenvalue weighted by atomic mass is 32.2. The summed E-state index contributed by atoms with van der Waals surface area (Å²) >= 11 is 0. The van der Waals surface area contributed by atoms with E-state index in [2.05, 4.69) is 14.9 Å². The topological polar surface area (TPSA) is 98.2 Å². The number of benzene rings is 3. The molecule has 5 aromatic rings. The van der Waals surface area contributed by atoms with Gasteiger partial charge in [0.25, 0.3) is 10.0 Å². The third kappa shape index (κ3) is 4.71. The Morgan fingerprint density at radius 1 is 0.889 bits per heavy atom. The molecule has 0 aliphatic carbocycles. The molecule has 0 atom stereocenters. The molecule has 0 radical (unpaired) electrons. The Labute approximate surface area is 209 Å². The van der Waals surface area contributed by atoms with Crippen LogP contribution in [0.1, 0.15) is 22.4 Å². The van der Waals surface area contributed by atoms with E-state index in [4.69, 9.17) is 8.94 Å². The lowest BCUT2D eigenvalue weighted by Gasteiger charge is -2.14. The van der Waals surface area contributed by atoms with Crippen LogP contribution in [-0.2, 0) is 10.0 Å². The fraction of sp³-hybridized carbons (Fsp3) is 0.0714. The largest absolute Gasteiger partial charge is 0.445 e. The molecular formula is C28H23N3O4S. The minimum Gasteiger partial charge on any atom is -0.445 e. The van der Waals surface area contributed by atoms with E-state index in [1.807, 2.05) is 66.7 Å². The van der Waals surface area contributed by atoms with Crippen molar-refractivity contribution in [3.05, 3.63) is 108 Å². The van der Waals surface area contributed by atoms with Gasteiger partial charge in [0.15, 0.2) is 0 Å². The first kappa shape index (κ1) is 23.3. The SMILES string of the molecule is Cc1noc(NS(=O)(=O)c2ccccc2-c2ccc(-c3ncco3)cc2/C=C/c2ccccc2)c1C. The molecule has 7 nitrogen and oxygen atoms in total. The molecular weight excluding hydrogens is 474 g/mol. The zero-order chi connectivity index (χ0) is 25.1. The second-order valence-electron chi connectivity index (χ2n) is 8.21. The second kappa shape index (κ2) is 9.67. The molecule has 180 valence electrons. The van der Waals surface area contributed by atoms with Crippen molar-refractivity contribution in [2.24, 2.45) is 0 Å². The molecule has 2 heterocycles. The van der Waals surface area contributed by atoms with Crippen molar-refractivity contribution in [1.29, 1.82) is 0 Å². The fourth-order valence-corrected chi connectivity index (χ4v) is 5.08. The summed E-state index contributed by atoms with van der Waals surface area (Å²) in [5.41, 5.74) is 5.15. The number of anilines is 1. The van der Waals surface area contributed by atoms with Crippen molar-refractivity contribution in [3.63, 3.8) is 0 Å². The van der Waals surface area contributed by atoms with Crippen molar-refractivity contribution in [2.75, 3.05) is 4.72 Å². The Morgan fingerprint density at radius 2 is 1.67 bits per heavy atom. The molecule has 0 saturated carbocycles. The van der Waals surface area contributed by atoms with Gasteiger partial charge in [-0.2, -0.15) is 0 Å². The van der Waals surface area contributed by atoms with E-state index in [0.717, 1.165) is 22.3 Å². The second-order valence-corrected chi connectivity index (χ2v) is 9.86. The van der Waals surface area contributed by atoms with E-state index in [-0.39, 0.29) is 10.8 Å². The number of oxazole rings is 1. The van der Waals surface area contributed by atoms with Crippen LogP contribution in [0.3, 0.4) is 0 Å². The zero-order valence-electron chi connectivity index (χ0n) is 19.7. The molecule has 8 heteroatoms. The lowest BCUT2D eigenvalue weighted by molar-refractivity contribution is 0.430. The number of rotatable bonds is 7. The summed E-state index contributed by atoms with van der Waals surface area (Å²) in [6.45, 7) is 3.51. The number of nitrogens with one attached hydrogen (secondary N) is 1. The number of hydrogen-bond donors (Lipinski definition) is 1. The van der Waals surface area contributed by atoms with Gasteiger partial charge in [0.1, 0.15) is 6.26 Å². The highest BCUT2D eigenvalue weighted by molar-refractivity contribution is 7.92. The van der Waals surface area contributed by atoms with Gasteiger partial charge in [-0.3, -0.25) is 0 Å². The van der Waals surface area contributed by atoms with Crippen LogP contribution in [0, 0.1) is 13.8 Å². The maximum absolute atomic E-state index is 13.5. The van der Waals surface area contributed by atoms with Gasteiger partial charge in [0.2, 0.25) is 11.8 Å². The van der Waals surface area contributed by atoms with Gasteiger partial charge in [0.05, 0.1) is 16.8 Å². The lowest BCUT2D eigenvalue weighted by Crippen LogP contribution is -2.14. The van der Waals surface area contributed by atoms with Gasteiger partial charge in [0, 0.05) is 16.7 Å². The number of aryl methyl sites for hydroxylation is 1. The lowest BCUT2D eigenvalue weighted by atomic mass is 9.96. The quantitative estimate of drug-likeness (QED) is 0.255. The summed E-state index contributed by atoms with van der Waals surface area (Å²) in [6.07, 6.45) is 7.04. The molecule has 3 aromatic carbocycles. The molecule has 1 N–H and O–H groups in total. The Morgan fingerprint density at radius 3 is 2.39 bits per heavy atom. The zero-order valence-corrected chi connectivity index (χ0v) is 20.5. The van der Waals surface area contributed by atoms with Crippen LogP contribution in [0.25, 0.3) is 34.7 Å². The van der Waals surface area contributed by atoms with Crippen LogP contribution in [0.2, 0.25) is 0 Å². The van der Waals surface area contributed by atoms with Gasteiger partial charge >= 0.3 is 0 Å². The molecule has 0 saturated heterocycles. The molecule has 36 heavy (non-hydrogen) atoms. The van der Waals surface area contributed by atoms with E-state index in [1.54, 1.807) is 38.2 Å². The van der Waals surface area contributed by atoms with Crippen LogP contribution >= 0.6 is 0 Å². The number of nitrogens with zero attached hydrogens (tertiary/aromatic N) is 2. The van der Waals surface area contributed by atoms with E-state index in [1.165, 1.54) is 6.26 Å². The predicted octanol–water partition coefficient (Wildman–Crippen LogP) is 6.58. The maximum atomic E-state index is 13.5. The predicted molar refractivity (Wildman–Crippen MR) is 140 cm³/mol. The van der Waals surface area contributed by atoms with E-state index >= 15 is 0 Å². The molecule has 0 unspecified atom stereocenters. The molecule has 0 fully saturated rings. The van der Waals surface area contributed by atoms with Crippen LogP contribution in [0.15, 0.2) is 99.1 Å². The van der Waals surface area contributed by atoms with Gasteiger partial charge in [-0.1, -0.05) is 71.9 Å². The smallest absolute Gasteiger partial charge is 0.264 e. The van der Waals surface area contributed by atoms with E-state index < -0.39 is 10.0 Å². The highest BCUT2D eigenvalue weighted by Gasteiger charge is 2.23. The first-order chi connectivity index (χ1) is 17.4. The Bertz CT molecular complexity index is 1640. The van der Waals surface area contributed by atoms with Crippen molar-refractivity contribution in [3.8, 4) is 22.6 Å². The van der Waals surface area contributed by atoms with Gasteiger partial charge in [-0.25, -0.2) is 18.1 Å². The molecule has 0 amide bonds. The average Bonchev–Trinajstić information content (AvgIpc) is 3.54. The van der Waals surface area contributed by atoms with Gasteiger partial charge in [-0.15, -0.1) is 0 Å². The third-order valence-electron chi connectivity index (χ3n) is 5.84. The third-order valence-corrected chi connectivity index (χ3v) is 7.23. The van der Waals surface area contributed by atoms with Crippen molar-refractivity contribution in [1.82, 2.24) is 10.1 Å². The summed E-state index contributed by atoms with van der Waals surface area (Å²) in [4.78, 5) is 4.37. The van der Waals surface area contributed by atoms with Crippen LogP contribution < -0.4 is 4.72 Å². The minimum atomic E-state index is -3.98. The summed E-state index contributed by atoms with van der Waals surface area (Å²) in [5.74, 6) is 0.584. The van der Waals surface area contributed by atoms with Crippen molar-refractivity contribution < 1.29 is 17.4 Å². The van der Waals surface area contributed by atoms with E-state index in [0.29, 0.717) is 22.7 Å². The van der Waals surface area contributed by atoms with Gasteiger partial charge in [-0.05, 0) is 48.7 Å². The molecule has 5 rings (SSSR count). The fourth-order valence-electron chi connectivity index (χ4n) is 3.81. The van der Waals surface area contributed by atoms with Crippen LogP contribution in [-0.4, -0.2) is 18.6 Å². The summed E-state index contributed by atoms with van der Waals surface area (Å²) < 4.78 is 40.1. The monoisotopic (exact) mass is 497 g/mol. The first-order valence-electron chi connectivity index (χ1n) is 11.2. The molecule has 0 aliphatic rings. The van der Waals surface area contributed by atoms with Crippen molar-refractivity contribution in [2.45, 2.75) is 18.7 Å². The maximum Gasteiger partial charge on any atom is 0.264 e. The molecule has 0 aliphatic heterocycles. The Hall–Kier alpha value is -4.43. The van der Waals surface area contributed by atoms with E-state index in [9.17, 15) is 8.42 Å². The molecule has 2 aromatic heterocycles. The average molecular weight is 498 g/mol. The molecule has 0 bridgehead atoms. The van der Waals surface area contributed by atoms with Crippen molar-refractivity contribution >= 4 is 28.1 Å². The summed E-state index contributed by atoms with van der Waals surface area (Å²) in [7, 11) is -3.98. The van der Waals surface area contributed by atoms with Crippen LogP contribution in [0.4, 0.5) is 5.88 Å². The summed E-state index contributed by atoms with van der Waals surface area (Å²) in [6, 6.07) is 22.4. The standard InChI is InChI=1S/C28H23N3O4S/c1-19-20(2)30-35-27(19)31-36(32,33)26-11-7-6-10-25(26)24-15-14-23(28-29-16-17-34-28)18-22(24)13-12-21-8-4-3-5-9-21/h3-18,31H,1-2H3/b13-12+. The number of hydrogen-bond acceptors (Lipinski definition) is 6. The molecule has 0 spiro atoms. The normalized spacial score (nSPS) is 11.7.